The minimum Gasteiger partial charge on any atom is -0.207 e. The zero-order valence-corrected chi connectivity index (χ0v) is 12.5. The summed E-state index contributed by atoms with van der Waals surface area (Å²) in [6, 6.07) is 6.61. The molecule has 0 fully saturated rings. The van der Waals surface area contributed by atoms with E-state index < -0.39 is 0 Å². The van der Waals surface area contributed by atoms with Crippen molar-refractivity contribution in [2.45, 2.75) is 27.8 Å². The van der Waals surface area contributed by atoms with Gasteiger partial charge in [0.15, 0.2) is 8.68 Å². The zero-order valence-electron chi connectivity index (χ0n) is 10.1. The molecule has 6 heteroatoms. The topological polar surface area (TPSA) is 25.8 Å². The van der Waals surface area contributed by atoms with Crippen LogP contribution in [-0.4, -0.2) is 16.0 Å². The largest absolute Gasteiger partial charge is 0.207 e. The Morgan fingerprint density at radius 3 is 2.56 bits per heavy atom. The fourth-order valence-corrected chi connectivity index (χ4v) is 4.57. The number of benzene rings is 1. The van der Waals surface area contributed by atoms with Crippen molar-refractivity contribution < 1.29 is 4.39 Å². The zero-order chi connectivity index (χ0) is 13.0. The number of aromatic nitrogens is 2. The van der Waals surface area contributed by atoms with E-state index in [9.17, 15) is 4.39 Å². The maximum Gasteiger partial charge on any atom is 0.175 e. The number of rotatable bonds is 5. The van der Waals surface area contributed by atoms with Gasteiger partial charge in [0.2, 0.25) is 0 Å². The second kappa shape index (κ2) is 6.54. The Labute approximate surface area is 118 Å². The van der Waals surface area contributed by atoms with E-state index >= 15 is 0 Å². The maximum absolute atomic E-state index is 12.8. The molecule has 0 N–H and O–H groups in total. The van der Waals surface area contributed by atoms with E-state index in [2.05, 4.69) is 24.0 Å². The molecule has 1 aromatic heterocycles. The molecule has 2 rings (SSSR count). The summed E-state index contributed by atoms with van der Waals surface area (Å²) < 4.78 is 14.8. The van der Waals surface area contributed by atoms with E-state index in [0.717, 1.165) is 20.0 Å². The molecule has 96 valence electrons. The van der Waals surface area contributed by atoms with Crippen LogP contribution in [0.3, 0.4) is 0 Å². The van der Waals surface area contributed by atoms with Crippen molar-refractivity contribution in [2.75, 3.05) is 5.75 Å². The van der Waals surface area contributed by atoms with Gasteiger partial charge >= 0.3 is 0 Å². The van der Waals surface area contributed by atoms with Crippen molar-refractivity contribution in [3.63, 3.8) is 0 Å². The Balaban J connectivity index is 2.01. The first-order valence-corrected chi connectivity index (χ1v) is 8.25. The van der Waals surface area contributed by atoms with Crippen molar-refractivity contribution in [3.05, 3.63) is 35.6 Å². The minimum atomic E-state index is -0.200. The molecule has 0 radical (unpaired) electrons. The van der Waals surface area contributed by atoms with Gasteiger partial charge in [-0.25, -0.2) is 4.39 Å². The molecule has 0 unspecified atom stereocenters. The number of nitrogens with zero attached hydrogens (tertiary/aromatic N) is 2. The van der Waals surface area contributed by atoms with Gasteiger partial charge in [0.05, 0.1) is 0 Å². The van der Waals surface area contributed by atoms with Crippen LogP contribution in [0.15, 0.2) is 32.9 Å². The van der Waals surface area contributed by atoms with Gasteiger partial charge < -0.3 is 0 Å². The standard InChI is InChI=1S/C12H13FN2S3/c1-3-16-11-14-15-12(18-11)17-8(2)9-4-6-10(13)7-5-9/h4-8H,3H2,1-2H3/t8-/m0/s1. The number of halogens is 1. The van der Waals surface area contributed by atoms with E-state index in [4.69, 9.17) is 0 Å². The van der Waals surface area contributed by atoms with Gasteiger partial charge in [-0.3, -0.25) is 0 Å². The van der Waals surface area contributed by atoms with Gasteiger partial charge in [0, 0.05) is 5.25 Å². The molecule has 1 atom stereocenters. The lowest BCUT2D eigenvalue weighted by Gasteiger charge is -2.08. The Morgan fingerprint density at radius 2 is 1.89 bits per heavy atom. The molecular weight excluding hydrogens is 287 g/mol. The van der Waals surface area contributed by atoms with Gasteiger partial charge in [0.1, 0.15) is 5.82 Å². The van der Waals surface area contributed by atoms with Crippen molar-refractivity contribution >= 4 is 34.9 Å². The van der Waals surface area contributed by atoms with Crippen LogP contribution < -0.4 is 0 Å². The highest BCUT2D eigenvalue weighted by atomic mass is 32.2. The highest BCUT2D eigenvalue weighted by Crippen LogP contribution is 2.37. The molecule has 1 aromatic carbocycles. The molecule has 0 aliphatic carbocycles. The predicted octanol–water partition coefficient (Wildman–Crippen LogP) is 4.64. The van der Waals surface area contributed by atoms with Gasteiger partial charge in [0.25, 0.3) is 0 Å². The van der Waals surface area contributed by atoms with Gasteiger partial charge in [-0.1, -0.05) is 53.9 Å². The first-order valence-electron chi connectivity index (χ1n) is 5.57. The van der Waals surface area contributed by atoms with Crippen LogP contribution in [0.4, 0.5) is 4.39 Å². The van der Waals surface area contributed by atoms with Crippen LogP contribution in [0.2, 0.25) is 0 Å². The van der Waals surface area contributed by atoms with Gasteiger partial charge in [-0.2, -0.15) is 0 Å². The maximum atomic E-state index is 12.8. The van der Waals surface area contributed by atoms with Crippen LogP contribution >= 0.6 is 34.9 Å². The Bertz CT molecular complexity index is 498. The summed E-state index contributed by atoms with van der Waals surface area (Å²) in [5.41, 5.74) is 1.10. The highest BCUT2D eigenvalue weighted by Gasteiger charge is 2.11. The highest BCUT2D eigenvalue weighted by molar-refractivity contribution is 8.03. The van der Waals surface area contributed by atoms with Crippen molar-refractivity contribution in [1.29, 1.82) is 0 Å². The predicted molar refractivity (Wildman–Crippen MR) is 77.0 cm³/mol. The SMILES string of the molecule is CCSc1nnc(S[C@@H](C)c2ccc(F)cc2)s1. The molecule has 18 heavy (non-hydrogen) atoms. The molecule has 2 aromatic rings. The lowest BCUT2D eigenvalue weighted by atomic mass is 10.2. The third kappa shape index (κ3) is 3.70. The lowest BCUT2D eigenvalue weighted by molar-refractivity contribution is 0.627. The summed E-state index contributed by atoms with van der Waals surface area (Å²) in [5, 5.41) is 8.52. The Morgan fingerprint density at radius 1 is 1.22 bits per heavy atom. The van der Waals surface area contributed by atoms with Crippen LogP contribution in [0.5, 0.6) is 0 Å². The molecule has 0 aliphatic heterocycles. The van der Waals surface area contributed by atoms with E-state index in [1.54, 1.807) is 34.9 Å². The van der Waals surface area contributed by atoms with E-state index in [-0.39, 0.29) is 11.1 Å². The van der Waals surface area contributed by atoms with Crippen LogP contribution in [0.1, 0.15) is 24.7 Å². The molecular formula is C12H13FN2S3. The molecule has 0 saturated heterocycles. The summed E-state index contributed by atoms with van der Waals surface area (Å²) in [7, 11) is 0. The van der Waals surface area contributed by atoms with Gasteiger partial charge in [-0.15, -0.1) is 10.2 Å². The van der Waals surface area contributed by atoms with Crippen molar-refractivity contribution in [3.8, 4) is 0 Å². The molecule has 0 aliphatic rings. The van der Waals surface area contributed by atoms with Crippen molar-refractivity contribution in [1.82, 2.24) is 10.2 Å². The molecule has 0 bridgehead atoms. The average molecular weight is 300 g/mol. The fourth-order valence-electron chi connectivity index (χ4n) is 1.38. The Hall–Kier alpha value is -0.590. The summed E-state index contributed by atoms with van der Waals surface area (Å²) in [5.74, 6) is 0.806. The lowest BCUT2D eigenvalue weighted by Crippen LogP contribution is -1.88. The summed E-state index contributed by atoms with van der Waals surface area (Å²) in [6.07, 6.45) is 0. The quantitative estimate of drug-likeness (QED) is 0.751. The normalized spacial score (nSPS) is 12.6. The fraction of sp³-hybridized carbons (Fsp3) is 0.333. The molecule has 0 amide bonds. The third-order valence-electron chi connectivity index (χ3n) is 2.27. The summed E-state index contributed by atoms with van der Waals surface area (Å²) in [4.78, 5) is 0. The first kappa shape index (κ1) is 13.8. The molecule has 0 saturated carbocycles. The molecule has 2 nitrogen and oxygen atoms in total. The number of thioether (sulfide) groups is 2. The van der Waals surface area contributed by atoms with E-state index in [1.807, 2.05) is 12.1 Å². The summed E-state index contributed by atoms with van der Waals surface area (Å²) >= 11 is 4.97. The summed E-state index contributed by atoms with van der Waals surface area (Å²) in [6.45, 7) is 4.19. The average Bonchev–Trinajstić information content (AvgIpc) is 2.78. The smallest absolute Gasteiger partial charge is 0.175 e. The third-order valence-corrected chi connectivity index (χ3v) is 5.45. The van der Waals surface area contributed by atoms with Crippen LogP contribution in [0, 0.1) is 5.82 Å². The molecule has 0 spiro atoms. The minimum absolute atomic E-state index is 0.200. The first-order chi connectivity index (χ1) is 8.69. The van der Waals surface area contributed by atoms with Crippen LogP contribution in [0.25, 0.3) is 0 Å². The Kier molecular flexibility index (Phi) is 5.03. The second-order valence-corrected chi connectivity index (χ2v) is 7.66. The molecule has 1 heterocycles. The van der Waals surface area contributed by atoms with Crippen molar-refractivity contribution in [2.24, 2.45) is 0 Å². The second-order valence-electron chi connectivity index (χ2n) is 3.58. The number of hydrogen-bond donors (Lipinski definition) is 0. The number of hydrogen-bond acceptors (Lipinski definition) is 5. The van der Waals surface area contributed by atoms with E-state index in [1.165, 1.54) is 12.1 Å². The van der Waals surface area contributed by atoms with E-state index in [0.29, 0.717) is 0 Å². The van der Waals surface area contributed by atoms with Crippen LogP contribution in [-0.2, 0) is 0 Å². The van der Waals surface area contributed by atoms with Gasteiger partial charge in [-0.05, 0) is 30.4 Å². The monoisotopic (exact) mass is 300 g/mol.